The van der Waals surface area contributed by atoms with Crippen molar-refractivity contribution in [2.24, 2.45) is 0 Å². The second kappa shape index (κ2) is 46.8. The predicted molar refractivity (Wildman–Crippen MR) is 382 cm³/mol. The number of carbonyl (C=O) groups is 10. The van der Waals surface area contributed by atoms with Crippen molar-refractivity contribution in [3.05, 3.63) is 77.4 Å². The maximum absolute atomic E-state index is 12.2. The van der Waals surface area contributed by atoms with E-state index >= 15 is 0 Å². The van der Waals surface area contributed by atoms with Gasteiger partial charge in [0.05, 0.1) is 135 Å². The summed E-state index contributed by atoms with van der Waals surface area (Å²) in [5.41, 5.74) is 2.93. The van der Waals surface area contributed by atoms with Crippen molar-refractivity contribution in [1.82, 2.24) is 39.2 Å². The summed E-state index contributed by atoms with van der Waals surface area (Å²) < 4.78 is 36.8. The number of hydrogen-bond acceptors (Lipinski definition) is 26. The van der Waals surface area contributed by atoms with Gasteiger partial charge in [0.2, 0.25) is 0 Å². The van der Waals surface area contributed by atoms with Crippen molar-refractivity contribution < 1.29 is 127 Å². The van der Waals surface area contributed by atoms with Crippen molar-refractivity contribution in [3.63, 3.8) is 0 Å². The summed E-state index contributed by atoms with van der Waals surface area (Å²) in [4.78, 5) is 131. The first-order valence-electron chi connectivity index (χ1n) is 33.3. The number of fused-ring (bicyclic) bond motifs is 9. The zero-order valence-corrected chi connectivity index (χ0v) is 59.5. The van der Waals surface area contributed by atoms with E-state index in [0.717, 1.165) is 19.6 Å². The molecule has 4 atom stereocenters. The lowest BCUT2D eigenvalue weighted by atomic mass is 10.0. The molecule has 1 fully saturated rings. The molecule has 105 heavy (non-hydrogen) atoms. The van der Waals surface area contributed by atoms with Gasteiger partial charge in [0.15, 0.2) is 16.6 Å². The molecule has 1 saturated heterocycles. The van der Waals surface area contributed by atoms with E-state index in [1.54, 1.807) is 60.7 Å². The van der Waals surface area contributed by atoms with Gasteiger partial charge in [0.25, 0.3) is 0 Å². The number of benzene rings is 3. The predicted octanol–water partition coefficient (Wildman–Crippen LogP) is -0.630. The molecule has 13 N–H and O–H groups in total. The molecule has 37 nitrogen and oxygen atoms in total. The molecule has 2 aliphatic rings. The highest BCUT2D eigenvalue weighted by Gasteiger charge is 2.30. The number of carboxylic acids is 10. The third-order valence-corrected chi connectivity index (χ3v) is 16.5. The number of carboxylic acid groups (broad SMARTS) is 10. The fraction of sp³-hybridized carbons (Fsp3) is 0.545. The first-order chi connectivity index (χ1) is 50.0. The van der Waals surface area contributed by atoms with E-state index in [0.29, 0.717) is 124 Å². The minimum absolute atomic E-state index is 0.00617. The summed E-state index contributed by atoms with van der Waals surface area (Å²) in [7, 11) is 0. The molecule has 3 aromatic rings. The van der Waals surface area contributed by atoms with Gasteiger partial charge in [-0.2, -0.15) is 0 Å². The van der Waals surface area contributed by atoms with Gasteiger partial charge < -0.3 is 95.4 Å². The van der Waals surface area contributed by atoms with Crippen molar-refractivity contribution >= 4 is 111 Å². The minimum Gasteiger partial charge on any atom is -0.488 e. The van der Waals surface area contributed by atoms with Crippen molar-refractivity contribution in [2.75, 3.05) is 220 Å². The molecule has 0 aliphatic carbocycles. The summed E-state index contributed by atoms with van der Waals surface area (Å²) >= 11 is 12.0. The van der Waals surface area contributed by atoms with E-state index in [2.05, 4.69) is 20.9 Å². The standard InChI is InChI=1S/C66H93N11O26S2/c78-56(79)34-72(9-11-74(36-58(82)83)37-59(84)85)32-49(76(40-62(90)91)41-63(92)93)27-45-1-3-47(4-2-45)29-55(104)68-51-30-53-54(102-21-16-70-13-18-98-23-24-100-20-15-71(17-22-103-53)44-101-26-25-99-19-14-70)31-52(51)69-66(105)67-48-7-5-46(6-8-48)28-50(77(42-64(94)95)43-65(96)97)33-73(35-57(80)81)10-12-75(38-60(86)87)39-61(88)89/h1-8,30-31,49-50H,9-29,32-44H2,(H,68,104)(H,78,79)(H,80,81)(H,82,83)(H,84,85)(H,86,87)(H,88,89)(H,90,91)(H,92,93)(H,94,95)(H,96,97)(H2,67,69,105). The Hall–Kier alpha value is -8.94. The Kier molecular flexibility index (Phi) is 38.6. The molecule has 0 saturated carbocycles. The van der Waals surface area contributed by atoms with Crippen LogP contribution in [0.1, 0.15) is 16.7 Å². The van der Waals surface area contributed by atoms with Crippen LogP contribution in [0.4, 0.5) is 17.1 Å². The summed E-state index contributed by atoms with van der Waals surface area (Å²) in [6.07, 6.45) is 0.0800. The van der Waals surface area contributed by atoms with Crippen LogP contribution in [0, 0.1) is 0 Å². The molecule has 2 bridgehead atoms. The molecular weight excluding hydrogens is 1430 g/mol. The summed E-state index contributed by atoms with van der Waals surface area (Å²) in [5.74, 6) is -12.8. The summed E-state index contributed by atoms with van der Waals surface area (Å²) in [5, 5.41) is 107. The first-order valence-corrected chi connectivity index (χ1v) is 34.2. The largest absolute Gasteiger partial charge is 0.488 e. The number of hydrogen-bond donors (Lipinski definition) is 13. The highest BCUT2D eigenvalue weighted by molar-refractivity contribution is 7.81. The van der Waals surface area contributed by atoms with Crippen LogP contribution in [-0.2, 0) is 86.2 Å². The Morgan fingerprint density at radius 2 is 0.705 bits per heavy atom. The monoisotopic (exact) mass is 1520 g/mol. The van der Waals surface area contributed by atoms with Crippen LogP contribution in [-0.4, -0.2) is 376 Å². The lowest BCUT2D eigenvalue weighted by molar-refractivity contribution is -0.145. The zero-order chi connectivity index (χ0) is 76.8. The second-order valence-corrected chi connectivity index (χ2v) is 25.4. The molecule has 0 spiro atoms. The van der Waals surface area contributed by atoms with Gasteiger partial charge in [0, 0.05) is 108 Å². The molecule has 3 aromatic carbocycles. The molecule has 0 amide bonds. The van der Waals surface area contributed by atoms with Gasteiger partial charge in [-0.15, -0.1) is 0 Å². The SMILES string of the molecule is O=C(O)CN(CCN(CC(=O)O)CC(Cc1ccc(CC(=S)Nc2cc3c(cc2NC(=S)Nc2ccc(CC(CN(CCN(CC(=O)O)CC(=O)O)CC(=O)O)N(CC(=O)O)CC(=O)O)cc2)OCCN2CCOCCOCCN(CCO3)COCCOCC2)cc1)N(CC(=O)O)CC(=O)O)CC(=O)O. The van der Waals surface area contributed by atoms with E-state index in [1.807, 2.05) is 4.90 Å². The smallest absolute Gasteiger partial charge is 0.317 e. The van der Waals surface area contributed by atoms with Gasteiger partial charge in [0.1, 0.15) is 13.2 Å². The average Bonchev–Trinajstić information content (AvgIpc) is 0.851. The fourth-order valence-corrected chi connectivity index (χ4v) is 11.8. The Morgan fingerprint density at radius 1 is 0.381 bits per heavy atom. The third-order valence-electron chi connectivity index (χ3n) is 16.1. The van der Waals surface area contributed by atoms with Crippen molar-refractivity contribution in [2.45, 2.75) is 31.3 Å². The fourth-order valence-electron chi connectivity index (χ4n) is 11.3. The number of ether oxygens (including phenoxy) is 6. The quantitative estimate of drug-likeness (QED) is 0.0248. The van der Waals surface area contributed by atoms with Crippen LogP contribution in [0.25, 0.3) is 0 Å². The first kappa shape index (κ1) is 86.7. The normalized spacial score (nSPS) is 16.3. The maximum Gasteiger partial charge on any atom is 0.317 e. The molecule has 39 heteroatoms. The van der Waals surface area contributed by atoms with Gasteiger partial charge in [-0.05, 0) is 53.9 Å². The van der Waals surface area contributed by atoms with Crippen molar-refractivity contribution in [1.29, 1.82) is 0 Å². The number of rotatable bonds is 41. The Morgan fingerprint density at radius 3 is 1.10 bits per heavy atom. The summed E-state index contributed by atoms with van der Waals surface area (Å²) in [6, 6.07) is 15.0. The number of anilines is 3. The maximum atomic E-state index is 12.2. The number of nitrogens with one attached hydrogen (secondary N) is 3. The van der Waals surface area contributed by atoms with Gasteiger partial charge in [-0.1, -0.05) is 48.6 Å². The van der Waals surface area contributed by atoms with Gasteiger partial charge in [-0.3, -0.25) is 87.1 Å². The molecule has 0 aromatic heterocycles. The number of thiocarbonyl (C=S) groups is 2. The van der Waals surface area contributed by atoms with Crippen LogP contribution in [0.15, 0.2) is 60.7 Å². The van der Waals surface area contributed by atoms with Crippen LogP contribution >= 0.6 is 24.4 Å². The molecule has 4 unspecified atom stereocenters. The second-order valence-electron chi connectivity index (χ2n) is 24.5. The molecular formula is C66H93N11O26S2. The average molecular weight is 1520 g/mol. The van der Waals surface area contributed by atoms with Gasteiger partial charge >= 0.3 is 59.7 Å². The van der Waals surface area contributed by atoms with Crippen LogP contribution in [0.2, 0.25) is 0 Å². The minimum atomic E-state index is -1.37. The van der Waals surface area contributed by atoms with Gasteiger partial charge in [-0.25, -0.2) is 0 Å². The third kappa shape index (κ3) is 36.6. The van der Waals surface area contributed by atoms with E-state index in [-0.39, 0.29) is 88.6 Å². The van der Waals surface area contributed by atoms with E-state index < -0.39 is 137 Å². The Bertz CT molecular complexity index is 3090. The van der Waals surface area contributed by atoms with Crippen LogP contribution in [0.3, 0.4) is 0 Å². The number of aliphatic carboxylic acids is 10. The highest BCUT2D eigenvalue weighted by atomic mass is 32.1. The molecule has 2 aliphatic heterocycles. The van der Waals surface area contributed by atoms with E-state index in [4.69, 9.17) is 52.9 Å². The molecule has 0 radical (unpaired) electrons. The molecule has 580 valence electrons. The van der Waals surface area contributed by atoms with Crippen LogP contribution in [0.5, 0.6) is 11.5 Å². The lowest BCUT2D eigenvalue weighted by Gasteiger charge is -2.34. The van der Waals surface area contributed by atoms with Crippen LogP contribution < -0.4 is 25.4 Å². The topological polar surface area (TPSA) is 490 Å². The van der Waals surface area contributed by atoms with E-state index in [9.17, 15) is 99.0 Å². The van der Waals surface area contributed by atoms with E-state index in [1.165, 1.54) is 9.80 Å². The Labute approximate surface area is 615 Å². The Balaban J connectivity index is 1.48. The number of nitrogens with zero attached hydrogens (tertiary/aromatic N) is 8. The molecule has 5 rings (SSSR count). The summed E-state index contributed by atoms with van der Waals surface area (Å²) in [6.45, 7) is -2.58. The highest BCUT2D eigenvalue weighted by Crippen LogP contribution is 2.38. The van der Waals surface area contributed by atoms with Crippen molar-refractivity contribution in [3.8, 4) is 11.5 Å². The lowest BCUT2D eigenvalue weighted by Crippen LogP contribution is -2.51. The zero-order valence-electron chi connectivity index (χ0n) is 57.9. The molecule has 2 heterocycles.